The maximum absolute atomic E-state index is 5.91. The van der Waals surface area contributed by atoms with Crippen molar-refractivity contribution in [3.8, 4) is 0 Å². The van der Waals surface area contributed by atoms with Gasteiger partial charge in [0.15, 0.2) is 0 Å². The molecule has 0 spiro atoms. The fourth-order valence-electron chi connectivity index (χ4n) is 1.91. The third kappa shape index (κ3) is 5.10. The highest BCUT2D eigenvalue weighted by atomic mass is 35.5. The molecule has 0 fully saturated rings. The first kappa shape index (κ1) is 14.5. The topological polar surface area (TPSA) is 12.0 Å². The molecule has 1 rings (SSSR count). The van der Waals surface area contributed by atoms with Gasteiger partial charge in [-0.2, -0.15) is 0 Å². The first-order valence-electron chi connectivity index (χ1n) is 6.38. The predicted octanol–water partition coefficient (Wildman–Crippen LogP) is 4.15. The quantitative estimate of drug-likeness (QED) is 0.831. The van der Waals surface area contributed by atoms with Crippen LogP contribution in [0, 0.1) is 11.3 Å². The molecule has 0 saturated heterocycles. The van der Waals surface area contributed by atoms with E-state index in [0.717, 1.165) is 24.5 Å². The standard InChI is InChI=1S/C15H24ClN/c1-5-17-11-13(15(2,3)4)10-12-6-8-14(16)9-7-12/h6-9,13,17H,5,10-11H2,1-4H3. The zero-order valence-electron chi connectivity index (χ0n) is 11.4. The first-order valence-corrected chi connectivity index (χ1v) is 6.76. The Morgan fingerprint density at radius 3 is 2.24 bits per heavy atom. The van der Waals surface area contributed by atoms with Crippen molar-refractivity contribution in [2.75, 3.05) is 13.1 Å². The van der Waals surface area contributed by atoms with Gasteiger partial charge in [-0.3, -0.25) is 0 Å². The second-order valence-electron chi connectivity index (χ2n) is 5.70. The van der Waals surface area contributed by atoms with Gasteiger partial charge in [-0.1, -0.05) is 51.4 Å². The van der Waals surface area contributed by atoms with Gasteiger partial charge >= 0.3 is 0 Å². The molecule has 1 N–H and O–H groups in total. The minimum atomic E-state index is 0.321. The average Bonchev–Trinajstić information content (AvgIpc) is 2.25. The van der Waals surface area contributed by atoms with Gasteiger partial charge in [0.2, 0.25) is 0 Å². The van der Waals surface area contributed by atoms with Gasteiger partial charge in [-0.05, 0) is 48.5 Å². The molecule has 0 bridgehead atoms. The van der Waals surface area contributed by atoms with E-state index in [1.807, 2.05) is 12.1 Å². The Hall–Kier alpha value is -0.530. The van der Waals surface area contributed by atoms with Crippen molar-refractivity contribution < 1.29 is 0 Å². The number of hydrogen-bond acceptors (Lipinski definition) is 1. The second-order valence-corrected chi connectivity index (χ2v) is 6.14. The molecule has 0 radical (unpaired) electrons. The van der Waals surface area contributed by atoms with Gasteiger partial charge < -0.3 is 5.32 Å². The molecule has 1 atom stereocenters. The second kappa shape index (κ2) is 6.42. The molecule has 0 heterocycles. The Kier molecular flexibility index (Phi) is 5.48. The zero-order chi connectivity index (χ0) is 12.9. The molecular formula is C15H24ClN. The van der Waals surface area contributed by atoms with Crippen LogP contribution in [0.15, 0.2) is 24.3 Å². The van der Waals surface area contributed by atoms with E-state index in [9.17, 15) is 0 Å². The predicted molar refractivity (Wildman–Crippen MR) is 76.6 cm³/mol. The lowest BCUT2D eigenvalue weighted by Crippen LogP contribution is -2.33. The summed E-state index contributed by atoms with van der Waals surface area (Å²) in [7, 11) is 0. The molecular weight excluding hydrogens is 230 g/mol. The monoisotopic (exact) mass is 253 g/mol. The van der Waals surface area contributed by atoms with Crippen molar-refractivity contribution in [1.82, 2.24) is 5.32 Å². The van der Waals surface area contributed by atoms with Crippen LogP contribution >= 0.6 is 11.6 Å². The summed E-state index contributed by atoms with van der Waals surface area (Å²) in [6, 6.07) is 8.22. The molecule has 0 amide bonds. The average molecular weight is 254 g/mol. The van der Waals surface area contributed by atoms with Crippen LogP contribution in [0.25, 0.3) is 0 Å². The lowest BCUT2D eigenvalue weighted by Gasteiger charge is -2.31. The SMILES string of the molecule is CCNCC(Cc1ccc(Cl)cc1)C(C)(C)C. The number of benzene rings is 1. The van der Waals surface area contributed by atoms with Gasteiger partial charge in [0, 0.05) is 5.02 Å². The highest BCUT2D eigenvalue weighted by Gasteiger charge is 2.24. The summed E-state index contributed by atoms with van der Waals surface area (Å²) < 4.78 is 0. The Morgan fingerprint density at radius 1 is 1.18 bits per heavy atom. The fraction of sp³-hybridized carbons (Fsp3) is 0.600. The maximum Gasteiger partial charge on any atom is 0.0406 e. The van der Waals surface area contributed by atoms with E-state index >= 15 is 0 Å². The molecule has 17 heavy (non-hydrogen) atoms. The smallest absolute Gasteiger partial charge is 0.0406 e. The largest absolute Gasteiger partial charge is 0.317 e. The maximum atomic E-state index is 5.91. The van der Waals surface area contributed by atoms with Gasteiger partial charge in [-0.25, -0.2) is 0 Å². The van der Waals surface area contributed by atoms with Gasteiger partial charge in [0.25, 0.3) is 0 Å². The molecule has 0 aliphatic rings. The van der Waals surface area contributed by atoms with E-state index < -0.39 is 0 Å². The van der Waals surface area contributed by atoms with Gasteiger partial charge in [0.05, 0.1) is 0 Å². The van der Waals surface area contributed by atoms with Crippen molar-refractivity contribution >= 4 is 11.6 Å². The van der Waals surface area contributed by atoms with E-state index in [0.29, 0.717) is 11.3 Å². The molecule has 0 aliphatic carbocycles. The lowest BCUT2D eigenvalue weighted by atomic mass is 9.77. The highest BCUT2D eigenvalue weighted by molar-refractivity contribution is 6.30. The number of nitrogens with one attached hydrogen (secondary N) is 1. The van der Waals surface area contributed by atoms with Crippen LogP contribution in [0.4, 0.5) is 0 Å². The Balaban J connectivity index is 2.68. The number of halogens is 1. The van der Waals surface area contributed by atoms with Crippen LogP contribution in [0.2, 0.25) is 5.02 Å². The van der Waals surface area contributed by atoms with E-state index in [-0.39, 0.29) is 0 Å². The van der Waals surface area contributed by atoms with Crippen LogP contribution in [-0.2, 0) is 6.42 Å². The summed E-state index contributed by atoms with van der Waals surface area (Å²) in [4.78, 5) is 0. The van der Waals surface area contributed by atoms with Gasteiger partial charge in [0.1, 0.15) is 0 Å². The zero-order valence-corrected chi connectivity index (χ0v) is 12.1. The normalized spacial score (nSPS) is 13.7. The van der Waals surface area contributed by atoms with Crippen molar-refractivity contribution in [2.24, 2.45) is 11.3 Å². The summed E-state index contributed by atoms with van der Waals surface area (Å²) in [5.41, 5.74) is 1.69. The molecule has 96 valence electrons. The summed E-state index contributed by atoms with van der Waals surface area (Å²) >= 11 is 5.91. The first-order chi connectivity index (χ1) is 7.93. The molecule has 2 heteroatoms. The Bertz CT molecular complexity index is 324. The van der Waals surface area contributed by atoms with Crippen LogP contribution in [0.5, 0.6) is 0 Å². The van der Waals surface area contributed by atoms with Crippen molar-refractivity contribution in [2.45, 2.75) is 34.1 Å². The summed E-state index contributed by atoms with van der Waals surface area (Å²) in [6.45, 7) is 11.2. The fourth-order valence-corrected chi connectivity index (χ4v) is 2.03. The van der Waals surface area contributed by atoms with Crippen LogP contribution in [0.1, 0.15) is 33.3 Å². The summed E-state index contributed by atoms with van der Waals surface area (Å²) in [6.07, 6.45) is 1.10. The minimum absolute atomic E-state index is 0.321. The molecule has 0 aromatic heterocycles. The lowest BCUT2D eigenvalue weighted by molar-refractivity contribution is 0.232. The molecule has 1 aromatic rings. The van der Waals surface area contributed by atoms with E-state index in [1.54, 1.807) is 0 Å². The van der Waals surface area contributed by atoms with Crippen molar-refractivity contribution in [3.05, 3.63) is 34.9 Å². The molecule has 1 aromatic carbocycles. The summed E-state index contributed by atoms with van der Waals surface area (Å²) in [5, 5.41) is 4.27. The van der Waals surface area contributed by atoms with Crippen molar-refractivity contribution in [3.63, 3.8) is 0 Å². The summed E-state index contributed by atoms with van der Waals surface area (Å²) in [5.74, 6) is 0.642. The molecule has 1 unspecified atom stereocenters. The minimum Gasteiger partial charge on any atom is -0.317 e. The van der Waals surface area contributed by atoms with Crippen LogP contribution < -0.4 is 5.32 Å². The van der Waals surface area contributed by atoms with Crippen LogP contribution in [0.3, 0.4) is 0 Å². The molecule has 0 saturated carbocycles. The third-order valence-electron chi connectivity index (χ3n) is 3.26. The van der Waals surface area contributed by atoms with E-state index in [4.69, 9.17) is 11.6 Å². The van der Waals surface area contributed by atoms with Crippen LogP contribution in [-0.4, -0.2) is 13.1 Å². The van der Waals surface area contributed by atoms with E-state index in [1.165, 1.54) is 5.56 Å². The third-order valence-corrected chi connectivity index (χ3v) is 3.51. The Morgan fingerprint density at radius 2 is 1.76 bits per heavy atom. The molecule has 1 nitrogen and oxygen atoms in total. The van der Waals surface area contributed by atoms with Gasteiger partial charge in [-0.15, -0.1) is 0 Å². The number of rotatable bonds is 5. The number of hydrogen-bond donors (Lipinski definition) is 1. The molecule has 0 aliphatic heterocycles. The Labute approximate surface area is 111 Å². The highest BCUT2D eigenvalue weighted by Crippen LogP contribution is 2.28. The van der Waals surface area contributed by atoms with Crippen molar-refractivity contribution in [1.29, 1.82) is 0 Å². The van der Waals surface area contributed by atoms with E-state index in [2.05, 4.69) is 45.1 Å².